The van der Waals surface area contributed by atoms with Crippen molar-refractivity contribution in [3.63, 3.8) is 0 Å². The van der Waals surface area contributed by atoms with E-state index in [9.17, 15) is 18.0 Å². The first-order valence-corrected chi connectivity index (χ1v) is 10.8. The van der Waals surface area contributed by atoms with Gasteiger partial charge in [-0.3, -0.25) is 9.10 Å². The van der Waals surface area contributed by atoms with Gasteiger partial charge in [0.25, 0.3) is 15.9 Å². The Morgan fingerprint density at radius 2 is 1.61 bits per heavy atom. The lowest BCUT2D eigenvalue weighted by Gasteiger charge is -2.22. The van der Waals surface area contributed by atoms with Crippen LogP contribution in [0.25, 0.3) is 0 Å². The number of amides is 1. The summed E-state index contributed by atoms with van der Waals surface area (Å²) in [5.74, 6) is -0.885. The molecule has 0 saturated carbocycles. The number of sulfonamides is 1. The van der Waals surface area contributed by atoms with Crippen molar-refractivity contribution >= 4 is 33.3 Å². The molecule has 1 amide bonds. The summed E-state index contributed by atoms with van der Waals surface area (Å²) in [6.45, 7) is 1.74. The number of methoxy groups -OCH3 is 1. The number of carbonyl (C=O) groups is 2. The molecular formula is C23H22N2O5S. The van der Waals surface area contributed by atoms with E-state index in [0.29, 0.717) is 28.1 Å². The van der Waals surface area contributed by atoms with Crippen molar-refractivity contribution in [2.24, 2.45) is 0 Å². The molecule has 3 aromatic rings. The highest BCUT2D eigenvalue weighted by atomic mass is 32.2. The smallest absolute Gasteiger partial charge is 0.337 e. The fraction of sp³-hybridized carbons (Fsp3) is 0.130. The number of aryl methyl sites for hydroxylation is 1. The number of esters is 1. The van der Waals surface area contributed by atoms with Crippen LogP contribution in [0.5, 0.6) is 0 Å². The Morgan fingerprint density at radius 1 is 0.903 bits per heavy atom. The summed E-state index contributed by atoms with van der Waals surface area (Å²) in [5.41, 5.74) is 2.21. The lowest BCUT2D eigenvalue weighted by molar-refractivity contribution is 0.0600. The van der Waals surface area contributed by atoms with E-state index in [1.807, 2.05) is 0 Å². The van der Waals surface area contributed by atoms with Crippen molar-refractivity contribution < 1.29 is 22.7 Å². The van der Waals surface area contributed by atoms with Gasteiger partial charge in [0, 0.05) is 18.3 Å². The minimum absolute atomic E-state index is 0.184. The molecule has 0 bridgehead atoms. The molecule has 0 saturated heterocycles. The van der Waals surface area contributed by atoms with Gasteiger partial charge in [-0.25, -0.2) is 13.2 Å². The average molecular weight is 439 g/mol. The molecule has 8 heteroatoms. The van der Waals surface area contributed by atoms with Crippen LogP contribution >= 0.6 is 0 Å². The highest BCUT2D eigenvalue weighted by Gasteiger charge is 2.22. The van der Waals surface area contributed by atoms with Gasteiger partial charge in [0.15, 0.2) is 0 Å². The monoisotopic (exact) mass is 438 g/mol. The van der Waals surface area contributed by atoms with Gasteiger partial charge in [0.2, 0.25) is 0 Å². The largest absolute Gasteiger partial charge is 0.465 e. The third kappa shape index (κ3) is 4.75. The summed E-state index contributed by atoms with van der Waals surface area (Å²) in [5, 5.41) is 2.73. The summed E-state index contributed by atoms with van der Waals surface area (Å²) < 4.78 is 31.6. The molecule has 0 atom stereocenters. The molecule has 160 valence electrons. The fourth-order valence-electron chi connectivity index (χ4n) is 3.08. The van der Waals surface area contributed by atoms with Crippen LogP contribution in [0.1, 0.15) is 26.3 Å². The Morgan fingerprint density at radius 3 is 2.26 bits per heavy atom. The predicted molar refractivity (Wildman–Crippen MR) is 119 cm³/mol. The van der Waals surface area contributed by atoms with Gasteiger partial charge < -0.3 is 10.1 Å². The zero-order valence-electron chi connectivity index (χ0n) is 17.3. The maximum absolute atomic E-state index is 12.9. The first-order valence-electron chi connectivity index (χ1n) is 9.38. The Hall–Kier alpha value is -3.65. The van der Waals surface area contributed by atoms with Crippen molar-refractivity contribution in [1.29, 1.82) is 0 Å². The standard InChI is InChI=1S/C23H22N2O5S/c1-16-14-17(22(26)24-19-9-7-8-18(15-19)23(27)30-3)12-13-21(16)25(2)31(28,29)20-10-5-4-6-11-20/h4-15H,1-3H3,(H,24,26). The highest BCUT2D eigenvalue weighted by molar-refractivity contribution is 7.92. The van der Waals surface area contributed by atoms with Crippen molar-refractivity contribution in [3.8, 4) is 0 Å². The summed E-state index contributed by atoms with van der Waals surface area (Å²) in [7, 11) is -0.963. The number of nitrogens with one attached hydrogen (secondary N) is 1. The third-order valence-corrected chi connectivity index (χ3v) is 6.53. The number of carbonyl (C=O) groups excluding carboxylic acids is 2. The van der Waals surface area contributed by atoms with E-state index in [0.717, 1.165) is 0 Å². The number of anilines is 2. The second kappa shape index (κ2) is 9.01. The number of hydrogen-bond donors (Lipinski definition) is 1. The minimum Gasteiger partial charge on any atom is -0.465 e. The van der Waals surface area contributed by atoms with Crippen LogP contribution in [0.15, 0.2) is 77.7 Å². The Balaban J connectivity index is 1.82. The third-order valence-electron chi connectivity index (χ3n) is 4.74. The Labute approximate surface area is 181 Å². The van der Waals surface area contributed by atoms with Crippen LogP contribution in [-0.2, 0) is 14.8 Å². The second-order valence-electron chi connectivity index (χ2n) is 6.81. The van der Waals surface area contributed by atoms with Crippen LogP contribution < -0.4 is 9.62 Å². The number of ether oxygens (including phenoxy) is 1. The molecule has 0 spiro atoms. The van der Waals surface area contributed by atoms with Gasteiger partial charge in [-0.2, -0.15) is 0 Å². The molecule has 0 aliphatic carbocycles. The Kier molecular flexibility index (Phi) is 6.41. The number of nitrogens with zero attached hydrogens (tertiary/aromatic N) is 1. The van der Waals surface area contributed by atoms with Crippen LogP contribution in [0.3, 0.4) is 0 Å². The van der Waals surface area contributed by atoms with Gasteiger partial charge in [0.1, 0.15) is 0 Å². The van der Waals surface area contributed by atoms with Gasteiger partial charge in [-0.1, -0.05) is 24.3 Å². The fourth-order valence-corrected chi connectivity index (χ4v) is 4.36. The molecule has 0 aliphatic rings. The van der Waals surface area contributed by atoms with Crippen LogP contribution in [-0.4, -0.2) is 34.5 Å². The van der Waals surface area contributed by atoms with E-state index in [1.54, 1.807) is 61.5 Å². The SMILES string of the molecule is COC(=O)c1cccc(NC(=O)c2ccc(N(C)S(=O)(=O)c3ccccc3)c(C)c2)c1. The zero-order chi connectivity index (χ0) is 22.6. The summed E-state index contributed by atoms with van der Waals surface area (Å²) in [6, 6.07) is 19.3. The molecule has 3 aromatic carbocycles. The number of hydrogen-bond acceptors (Lipinski definition) is 5. The van der Waals surface area contributed by atoms with Crippen LogP contribution in [0.2, 0.25) is 0 Å². The molecule has 0 aliphatic heterocycles. The molecule has 0 fully saturated rings. The molecule has 7 nitrogen and oxygen atoms in total. The predicted octanol–water partition coefficient (Wildman–Crippen LogP) is 3.86. The molecule has 0 aromatic heterocycles. The normalized spacial score (nSPS) is 10.9. The molecule has 0 radical (unpaired) electrons. The van der Waals surface area contributed by atoms with Gasteiger partial charge in [-0.15, -0.1) is 0 Å². The van der Waals surface area contributed by atoms with Crippen LogP contribution in [0, 0.1) is 6.92 Å². The molecular weight excluding hydrogens is 416 g/mol. The van der Waals surface area contributed by atoms with E-state index >= 15 is 0 Å². The minimum atomic E-state index is -3.72. The second-order valence-corrected chi connectivity index (χ2v) is 8.78. The number of rotatable bonds is 6. The molecule has 0 heterocycles. The first-order chi connectivity index (χ1) is 14.7. The van der Waals surface area contributed by atoms with E-state index < -0.39 is 16.0 Å². The molecule has 31 heavy (non-hydrogen) atoms. The summed E-state index contributed by atoms with van der Waals surface area (Å²) in [6.07, 6.45) is 0. The Bertz CT molecular complexity index is 1220. The number of benzene rings is 3. The van der Waals surface area contributed by atoms with E-state index in [4.69, 9.17) is 0 Å². The first kappa shape index (κ1) is 22.0. The van der Waals surface area contributed by atoms with Crippen molar-refractivity contribution in [1.82, 2.24) is 0 Å². The van der Waals surface area contributed by atoms with Crippen molar-refractivity contribution in [2.45, 2.75) is 11.8 Å². The maximum atomic E-state index is 12.9. The van der Waals surface area contributed by atoms with Gasteiger partial charge >= 0.3 is 5.97 Å². The zero-order valence-corrected chi connectivity index (χ0v) is 18.1. The van der Waals surface area contributed by atoms with Crippen molar-refractivity contribution in [2.75, 3.05) is 23.8 Å². The lowest BCUT2D eigenvalue weighted by Crippen LogP contribution is -2.27. The average Bonchev–Trinajstić information content (AvgIpc) is 2.78. The van der Waals surface area contributed by atoms with Gasteiger partial charge in [0.05, 0.1) is 23.3 Å². The summed E-state index contributed by atoms with van der Waals surface area (Å²) >= 11 is 0. The molecule has 1 N–H and O–H groups in total. The van der Waals surface area contributed by atoms with Crippen molar-refractivity contribution in [3.05, 3.63) is 89.5 Å². The molecule has 3 rings (SSSR count). The van der Waals surface area contributed by atoms with E-state index in [2.05, 4.69) is 10.1 Å². The van der Waals surface area contributed by atoms with Crippen LogP contribution in [0.4, 0.5) is 11.4 Å². The van der Waals surface area contributed by atoms with E-state index in [-0.39, 0.29) is 10.8 Å². The molecule has 0 unspecified atom stereocenters. The highest BCUT2D eigenvalue weighted by Crippen LogP contribution is 2.26. The quantitative estimate of drug-likeness (QED) is 0.590. The van der Waals surface area contributed by atoms with E-state index in [1.165, 1.54) is 36.7 Å². The maximum Gasteiger partial charge on any atom is 0.337 e. The topological polar surface area (TPSA) is 92.8 Å². The lowest BCUT2D eigenvalue weighted by atomic mass is 10.1. The van der Waals surface area contributed by atoms with Gasteiger partial charge in [-0.05, 0) is 61.0 Å². The summed E-state index contributed by atoms with van der Waals surface area (Å²) in [4.78, 5) is 24.5.